The molecule has 0 fully saturated rings. The summed E-state index contributed by atoms with van der Waals surface area (Å²) in [5, 5.41) is 7.07. The Bertz CT molecular complexity index is 356. The molecule has 21 heavy (non-hydrogen) atoms. The standard InChI is InChI=1S/C18H37N3/c1-13(2)16(18(7,8)9)20-14(3)19-15(12-21(10)11)17(4,5)6/h15-16,19-20H,1,3,12H2,2,4-11H3. The highest BCUT2D eigenvalue weighted by atomic mass is 15.2. The summed E-state index contributed by atoms with van der Waals surface area (Å²) < 4.78 is 0. The SMILES string of the molecule is C=C(NC(CN(C)C)C(C)(C)C)NC(C(=C)C)C(C)(C)C. The Kier molecular flexibility index (Phi) is 7.01. The van der Waals surface area contributed by atoms with Gasteiger partial charge in [-0.25, -0.2) is 0 Å². The average Bonchev–Trinajstić information content (AvgIpc) is 2.20. The second kappa shape index (κ2) is 7.35. The number of rotatable bonds is 7. The van der Waals surface area contributed by atoms with Gasteiger partial charge in [0.1, 0.15) is 0 Å². The number of likely N-dealkylation sites (N-methyl/N-ethyl adjacent to an activating group) is 1. The Morgan fingerprint density at radius 2 is 1.43 bits per heavy atom. The Hall–Kier alpha value is -0.960. The summed E-state index contributed by atoms with van der Waals surface area (Å²) in [6.45, 7) is 24.7. The van der Waals surface area contributed by atoms with Crippen LogP contribution in [0.5, 0.6) is 0 Å². The van der Waals surface area contributed by atoms with Gasteiger partial charge in [-0.15, -0.1) is 0 Å². The summed E-state index contributed by atoms with van der Waals surface area (Å²) in [6, 6.07) is 0.538. The van der Waals surface area contributed by atoms with Crippen LogP contribution in [0.15, 0.2) is 24.6 Å². The minimum Gasteiger partial charge on any atom is -0.368 e. The zero-order valence-corrected chi connectivity index (χ0v) is 15.7. The van der Waals surface area contributed by atoms with Crippen molar-refractivity contribution in [3.05, 3.63) is 24.6 Å². The first-order valence-corrected chi connectivity index (χ1v) is 7.77. The number of nitrogens with zero attached hydrogens (tertiary/aromatic N) is 1. The molecule has 2 atom stereocenters. The van der Waals surface area contributed by atoms with Gasteiger partial charge >= 0.3 is 0 Å². The average molecular weight is 296 g/mol. The third-order valence-electron chi connectivity index (χ3n) is 3.62. The fraction of sp³-hybridized carbons (Fsp3) is 0.778. The maximum Gasteiger partial charge on any atom is 0.0920 e. The Balaban J connectivity index is 4.88. The summed E-state index contributed by atoms with van der Waals surface area (Å²) in [6.07, 6.45) is 0. The van der Waals surface area contributed by atoms with Gasteiger partial charge in [0.05, 0.1) is 11.9 Å². The molecule has 0 saturated heterocycles. The monoisotopic (exact) mass is 295 g/mol. The van der Waals surface area contributed by atoms with Crippen molar-refractivity contribution in [1.82, 2.24) is 15.5 Å². The van der Waals surface area contributed by atoms with E-state index in [2.05, 4.69) is 91.3 Å². The van der Waals surface area contributed by atoms with E-state index in [1.54, 1.807) is 0 Å². The Morgan fingerprint density at radius 1 is 0.952 bits per heavy atom. The molecule has 0 aliphatic carbocycles. The van der Waals surface area contributed by atoms with Crippen molar-refractivity contribution >= 4 is 0 Å². The lowest BCUT2D eigenvalue weighted by molar-refractivity contribution is 0.216. The topological polar surface area (TPSA) is 27.3 Å². The first kappa shape index (κ1) is 20.0. The van der Waals surface area contributed by atoms with E-state index in [0.29, 0.717) is 6.04 Å². The van der Waals surface area contributed by atoms with Crippen LogP contribution in [0, 0.1) is 10.8 Å². The smallest absolute Gasteiger partial charge is 0.0920 e. The summed E-state index contributed by atoms with van der Waals surface area (Å²) in [7, 11) is 4.20. The highest BCUT2D eigenvalue weighted by Gasteiger charge is 2.28. The zero-order valence-electron chi connectivity index (χ0n) is 15.7. The van der Waals surface area contributed by atoms with Gasteiger partial charge in [0.25, 0.3) is 0 Å². The molecule has 3 heteroatoms. The van der Waals surface area contributed by atoms with Crippen molar-refractivity contribution in [3.8, 4) is 0 Å². The van der Waals surface area contributed by atoms with E-state index in [0.717, 1.165) is 17.9 Å². The molecule has 0 rings (SSSR count). The molecule has 0 aromatic heterocycles. The van der Waals surface area contributed by atoms with Crippen LogP contribution in [0.4, 0.5) is 0 Å². The van der Waals surface area contributed by atoms with E-state index in [4.69, 9.17) is 0 Å². The number of hydrogen-bond donors (Lipinski definition) is 2. The first-order valence-electron chi connectivity index (χ1n) is 7.77. The molecule has 124 valence electrons. The molecular weight excluding hydrogens is 258 g/mol. The molecule has 2 unspecified atom stereocenters. The van der Waals surface area contributed by atoms with Crippen LogP contribution in [0.1, 0.15) is 48.5 Å². The molecule has 0 aromatic carbocycles. The summed E-state index contributed by atoms with van der Waals surface area (Å²) in [4.78, 5) is 2.20. The maximum atomic E-state index is 4.17. The third kappa shape index (κ3) is 7.56. The quantitative estimate of drug-likeness (QED) is 0.703. The fourth-order valence-electron chi connectivity index (χ4n) is 2.41. The van der Waals surface area contributed by atoms with Gasteiger partial charge in [-0.2, -0.15) is 0 Å². The molecule has 0 aliphatic heterocycles. The first-order chi connectivity index (χ1) is 9.25. The number of nitrogens with one attached hydrogen (secondary N) is 2. The molecular formula is C18H37N3. The summed E-state index contributed by atoms with van der Waals surface area (Å²) in [5.41, 5.74) is 1.40. The van der Waals surface area contributed by atoms with Crippen molar-refractivity contribution in [2.75, 3.05) is 20.6 Å². The van der Waals surface area contributed by atoms with E-state index in [9.17, 15) is 0 Å². The van der Waals surface area contributed by atoms with Crippen LogP contribution in [0.3, 0.4) is 0 Å². The number of hydrogen-bond acceptors (Lipinski definition) is 3. The molecule has 0 spiro atoms. The van der Waals surface area contributed by atoms with Gasteiger partial charge in [0, 0.05) is 12.6 Å². The zero-order chi connectivity index (χ0) is 17.0. The van der Waals surface area contributed by atoms with Gasteiger partial charge < -0.3 is 15.5 Å². The largest absolute Gasteiger partial charge is 0.368 e. The van der Waals surface area contributed by atoms with Crippen molar-refractivity contribution in [3.63, 3.8) is 0 Å². The molecule has 0 bridgehead atoms. The molecule has 0 aromatic rings. The molecule has 0 radical (unpaired) electrons. The molecule has 0 amide bonds. The van der Waals surface area contributed by atoms with Crippen molar-refractivity contribution < 1.29 is 0 Å². The van der Waals surface area contributed by atoms with E-state index in [1.807, 2.05) is 0 Å². The third-order valence-corrected chi connectivity index (χ3v) is 3.62. The molecule has 0 aliphatic rings. The summed E-state index contributed by atoms with van der Waals surface area (Å²) >= 11 is 0. The highest BCUT2D eigenvalue weighted by Crippen LogP contribution is 2.25. The van der Waals surface area contributed by atoms with Gasteiger partial charge in [-0.3, -0.25) is 0 Å². The van der Waals surface area contributed by atoms with Crippen LogP contribution in [-0.4, -0.2) is 37.6 Å². The van der Waals surface area contributed by atoms with E-state index >= 15 is 0 Å². The maximum absolute atomic E-state index is 4.17. The van der Waals surface area contributed by atoms with Gasteiger partial charge in [-0.05, 0) is 31.8 Å². The van der Waals surface area contributed by atoms with Crippen LogP contribution < -0.4 is 10.6 Å². The van der Waals surface area contributed by atoms with Gasteiger partial charge in [0.15, 0.2) is 0 Å². The molecule has 2 N–H and O–H groups in total. The van der Waals surface area contributed by atoms with E-state index in [1.165, 1.54) is 0 Å². The predicted octanol–water partition coefficient (Wildman–Crippen LogP) is 3.60. The second-order valence-electron chi connectivity index (χ2n) is 8.59. The summed E-state index contributed by atoms with van der Waals surface area (Å²) in [5.74, 6) is 0.875. The second-order valence-corrected chi connectivity index (χ2v) is 8.59. The molecule has 0 heterocycles. The lowest BCUT2D eigenvalue weighted by Gasteiger charge is -2.38. The van der Waals surface area contributed by atoms with E-state index in [-0.39, 0.29) is 16.9 Å². The Labute approximate surface area is 132 Å². The van der Waals surface area contributed by atoms with Crippen LogP contribution in [0.25, 0.3) is 0 Å². The van der Waals surface area contributed by atoms with Crippen molar-refractivity contribution in [2.24, 2.45) is 10.8 Å². The minimum absolute atomic E-state index is 0.106. The minimum atomic E-state index is 0.106. The van der Waals surface area contributed by atoms with Crippen LogP contribution >= 0.6 is 0 Å². The highest BCUT2D eigenvalue weighted by molar-refractivity contribution is 5.11. The lowest BCUT2D eigenvalue weighted by atomic mass is 9.83. The predicted molar refractivity (Wildman–Crippen MR) is 95.3 cm³/mol. The van der Waals surface area contributed by atoms with Gasteiger partial charge in [0.2, 0.25) is 0 Å². The molecule has 0 saturated carbocycles. The van der Waals surface area contributed by atoms with Gasteiger partial charge in [-0.1, -0.05) is 60.3 Å². The molecule has 3 nitrogen and oxygen atoms in total. The normalized spacial score (nSPS) is 15.5. The van der Waals surface area contributed by atoms with Crippen LogP contribution in [0.2, 0.25) is 0 Å². The Morgan fingerprint density at radius 3 is 1.71 bits per heavy atom. The lowest BCUT2D eigenvalue weighted by Crippen LogP contribution is -2.51. The van der Waals surface area contributed by atoms with Crippen LogP contribution in [-0.2, 0) is 0 Å². The van der Waals surface area contributed by atoms with Crippen molar-refractivity contribution in [2.45, 2.75) is 60.5 Å². The fourth-order valence-corrected chi connectivity index (χ4v) is 2.41. The van der Waals surface area contributed by atoms with E-state index < -0.39 is 0 Å². The van der Waals surface area contributed by atoms with Crippen molar-refractivity contribution in [1.29, 1.82) is 0 Å².